The Bertz CT molecular complexity index is 1530. The lowest BCUT2D eigenvalue weighted by Crippen LogP contribution is -1.91. The smallest absolute Gasteiger partial charge is 0.124 e. The molecule has 0 spiro atoms. The summed E-state index contributed by atoms with van der Waals surface area (Å²) in [5.41, 5.74) is 1.93. The molecular weight excluding hydrogens is 366 g/mol. The van der Waals surface area contributed by atoms with E-state index in [1.807, 2.05) is 18.2 Å². The second-order valence-corrected chi connectivity index (χ2v) is 7.74. The van der Waals surface area contributed by atoms with Crippen LogP contribution in [-0.4, -0.2) is 11.3 Å². The maximum atomic E-state index is 9.97. The fraction of sp³-hybridized carbons (Fsp3) is 0.0357. The average molecular weight is 385 g/mol. The summed E-state index contributed by atoms with van der Waals surface area (Å²) in [6.45, 7) is 0.570. The summed E-state index contributed by atoms with van der Waals surface area (Å²) in [6, 6.07) is 31.4. The zero-order valence-corrected chi connectivity index (χ0v) is 16.3. The van der Waals surface area contributed by atoms with Crippen molar-refractivity contribution in [3.63, 3.8) is 0 Å². The van der Waals surface area contributed by atoms with Crippen LogP contribution in [0.15, 0.2) is 96.0 Å². The van der Waals surface area contributed by atoms with Crippen molar-refractivity contribution >= 4 is 49.3 Å². The minimum Gasteiger partial charge on any atom is -0.507 e. The Morgan fingerprint density at radius 3 is 2.00 bits per heavy atom. The van der Waals surface area contributed by atoms with Gasteiger partial charge in [-0.2, -0.15) is 0 Å². The molecule has 0 aliphatic heterocycles. The molecule has 142 valence electrons. The van der Waals surface area contributed by atoms with Crippen LogP contribution >= 0.6 is 0 Å². The molecule has 0 aliphatic carbocycles. The molecule has 6 aromatic rings. The van der Waals surface area contributed by atoms with Gasteiger partial charge in [-0.1, -0.05) is 78.9 Å². The number of phenolic OH excluding ortho intramolecular Hbond substituents is 1. The molecule has 6 aromatic carbocycles. The van der Waals surface area contributed by atoms with E-state index >= 15 is 0 Å². The van der Waals surface area contributed by atoms with Gasteiger partial charge in [-0.25, -0.2) is 0 Å². The lowest BCUT2D eigenvalue weighted by atomic mass is 9.88. The molecule has 1 N–H and O–H groups in total. The highest BCUT2D eigenvalue weighted by molar-refractivity contribution is 6.33. The minimum atomic E-state index is 0.253. The number of hydrogen-bond acceptors (Lipinski definition) is 2. The van der Waals surface area contributed by atoms with Gasteiger partial charge in [0.25, 0.3) is 0 Å². The van der Waals surface area contributed by atoms with Crippen LogP contribution in [0.4, 0.5) is 0 Å². The lowest BCUT2D eigenvalue weighted by molar-refractivity contribution is 0.474. The third kappa shape index (κ3) is 2.47. The largest absolute Gasteiger partial charge is 0.507 e. The van der Waals surface area contributed by atoms with Crippen molar-refractivity contribution in [1.82, 2.24) is 0 Å². The summed E-state index contributed by atoms with van der Waals surface area (Å²) in [7, 11) is 0. The van der Waals surface area contributed by atoms with E-state index in [-0.39, 0.29) is 5.75 Å². The van der Waals surface area contributed by atoms with Crippen LogP contribution < -0.4 is 0 Å². The zero-order chi connectivity index (χ0) is 20.1. The molecule has 0 radical (unpaired) electrons. The van der Waals surface area contributed by atoms with Crippen LogP contribution in [0.5, 0.6) is 5.75 Å². The number of para-hydroxylation sites is 1. The first-order valence-electron chi connectivity index (χ1n) is 10.2. The Labute approximate surface area is 174 Å². The summed E-state index contributed by atoms with van der Waals surface area (Å²) < 4.78 is 0. The molecule has 0 amide bonds. The average Bonchev–Trinajstić information content (AvgIpc) is 2.79. The van der Waals surface area contributed by atoms with Crippen LogP contribution in [0.2, 0.25) is 0 Å². The van der Waals surface area contributed by atoms with E-state index in [2.05, 4.69) is 71.7 Å². The van der Waals surface area contributed by atoms with Gasteiger partial charge in [0.2, 0.25) is 0 Å². The molecule has 6 rings (SSSR count). The molecule has 0 saturated carbocycles. The van der Waals surface area contributed by atoms with Gasteiger partial charge in [-0.3, -0.25) is 4.99 Å². The topological polar surface area (TPSA) is 32.6 Å². The number of nitrogens with zero attached hydrogens (tertiary/aromatic N) is 1. The monoisotopic (exact) mass is 385 g/mol. The molecule has 0 saturated heterocycles. The van der Waals surface area contributed by atoms with Crippen LogP contribution in [0, 0.1) is 0 Å². The van der Waals surface area contributed by atoms with Crippen LogP contribution in [-0.2, 0) is 6.54 Å². The van der Waals surface area contributed by atoms with Gasteiger partial charge in [0.1, 0.15) is 5.75 Å². The van der Waals surface area contributed by atoms with Crippen LogP contribution in [0.3, 0.4) is 0 Å². The van der Waals surface area contributed by atoms with Crippen molar-refractivity contribution < 1.29 is 5.11 Å². The molecule has 0 aromatic heterocycles. The van der Waals surface area contributed by atoms with Crippen LogP contribution in [0.1, 0.15) is 11.1 Å². The van der Waals surface area contributed by atoms with Gasteiger partial charge in [0.05, 0.1) is 6.54 Å². The fourth-order valence-electron chi connectivity index (χ4n) is 4.68. The minimum absolute atomic E-state index is 0.253. The summed E-state index contributed by atoms with van der Waals surface area (Å²) >= 11 is 0. The van der Waals surface area contributed by atoms with Crippen molar-refractivity contribution in [3.8, 4) is 5.75 Å². The molecular formula is C28H19NO. The number of phenols is 1. The highest BCUT2D eigenvalue weighted by atomic mass is 16.3. The number of fused-ring (bicyclic) bond motifs is 2. The molecule has 2 heteroatoms. The quantitative estimate of drug-likeness (QED) is 0.197. The first-order chi connectivity index (χ1) is 14.8. The van der Waals surface area contributed by atoms with Crippen molar-refractivity contribution in [2.75, 3.05) is 0 Å². The molecule has 0 heterocycles. The van der Waals surface area contributed by atoms with Crippen LogP contribution in [0.25, 0.3) is 43.1 Å². The Morgan fingerprint density at radius 1 is 0.600 bits per heavy atom. The Kier molecular flexibility index (Phi) is 3.72. The van der Waals surface area contributed by atoms with E-state index in [0.29, 0.717) is 6.54 Å². The molecule has 0 aliphatic rings. The summed E-state index contributed by atoms with van der Waals surface area (Å²) in [6.07, 6.45) is 1.75. The molecule has 30 heavy (non-hydrogen) atoms. The predicted octanol–water partition coefficient (Wildman–Crippen LogP) is 7.06. The number of aromatic hydroxyl groups is 1. The summed E-state index contributed by atoms with van der Waals surface area (Å²) in [4.78, 5) is 4.62. The fourth-order valence-corrected chi connectivity index (χ4v) is 4.68. The molecule has 0 atom stereocenters. The van der Waals surface area contributed by atoms with E-state index in [1.54, 1.807) is 12.3 Å². The van der Waals surface area contributed by atoms with Crippen molar-refractivity contribution in [3.05, 3.63) is 102 Å². The van der Waals surface area contributed by atoms with E-state index in [1.165, 1.54) is 48.7 Å². The third-order valence-electron chi connectivity index (χ3n) is 6.04. The second kappa shape index (κ2) is 6.57. The Hall–Kier alpha value is -3.91. The van der Waals surface area contributed by atoms with Gasteiger partial charge in [0.15, 0.2) is 0 Å². The first-order valence-corrected chi connectivity index (χ1v) is 10.2. The number of rotatable bonds is 3. The Morgan fingerprint density at radius 2 is 1.23 bits per heavy atom. The molecule has 2 nitrogen and oxygen atoms in total. The number of benzene rings is 6. The second-order valence-electron chi connectivity index (χ2n) is 7.74. The highest BCUT2D eigenvalue weighted by Gasteiger charge is 2.13. The van der Waals surface area contributed by atoms with Gasteiger partial charge in [-0.05, 0) is 60.8 Å². The zero-order valence-electron chi connectivity index (χ0n) is 16.3. The molecule has 0 fully saturated rings. The maximum absolute atomic E-state index is 9.97. The predicted molar refractivity (Wildman–Crippen MR) is 127 cm³/mol. The van der Waals surface area contributed by atoms with E-state index < -0.39 is 0 Å². The number of aliphatic imine (C=N–C) groups is 1. The lowest BCUT2D eigenvalue weighted by Gasteiger charge is -2.15. The van der Waals surface area contributed by atoms with Crippen molar-refractivity contribution in [2.45, 2.75) is 6.54 Å². The number of hydrogen-bond donors (Lipinski definition) is 1. The van der Waals surface area contributed by atoms with Gasteiger partial charge in [-0.15, -0.1) is 0 Å². The SMILES string of the molecule is Oc1ccccc1C=NCc1ccc2c3cccc4cccc(c5cccc1c52)c43. The molecule has 0 unspecified atom stereocenters. The highest BCUT2D eigenvalue weighted by Crippen LogP contribution is 2.40. The third-order valence-corrected chi connectivity index (χ3v) is 6.04. The Balaban J connectivity index is 1.57. The maximum Gasteiger partial charge on any atom is 0.124 e. The van der Waals surface area contributed by atoms with Gasteiger partial charge >= 0.3 is 0 Å². The summed E-state index contributed by atoms with van der Waals surface area (Å²) in [5.74, 6) is 0.253. The standard InChI is InChI=1S/C28H19NO/c30-26-13-2-1-6-20(26)17-29-16-19-14-15-25-23-11-4-8-18-7-3-10-22(27(18)23)24-12-5-9-21(19)28(24)25/h1-15,17,30H,16H2. The van der Waals surface area contributed by atoms with Crippen molar-refractivity contribution in [1.29, 1.82) is 0 Å². The van der Waals surface area contributed by atoms with Gasteiger partial charge < -0.3 is 5.11 Å². The molecule has 0 bridgehead atoms. The van der Waals surface area contributed by atoms with Gasteiger partial charge in [0, 0.05) is 11.8 Å². The van der Waals surface area contributed by atoms with E-state index in [9.17, 15) is 5.11 Å². The van der Waals surface area contributed by atoms with E-state index in [4.69, 9.17) is 0 Å². The first kappa shape index (κ1) is 17.0. The van der Waals surface area contributed by atoms with E-state index in [0.717, 1.165) is 5.56 Å². The summed E-state index contributed by atoms with van der Waals surface area (Å²) in [5, 5.41) is 20.3. The normalized spacial score (nSPS) is 12.1. The van der Waals surface area contributed by atoms with Crippen molar-refractivity contribution in [2.24, 2.45) is 4.99 Å².